The first-order valence-corrected chi connectivity index (χ1v) is 6.24. The molecule has 1 fully saturated rings. The van der Waals surface area contributed by atoms with Gasteiger partial charge in [-0.1, -0.05) is 0 Å². The number of ether oxygens (including phenoxy) is 1. The van der Waals surface area contributed by atoms with E-state index in [0.717, 1.165) is 38.7 Å². The van der Waals surface area contributed by atoms with E-state index in [9.17, 15) is 4.39 Å². The number of nitrogens with two attached hydrogens (primary N) is 1. The topological polar surface area (TPSA) is 48.1 Å². The Balaban J connectivity index is 1.77. The molecule has 0 aliphatic carbocycles. The van der Waals surface area contributed by atoms with Gasteiger partial charge in [0.25, 0.3) is 0 Å². The van der Waals surface area contributed by atoms with Crippen molar-refractivity contribution in [3.05, 3.63) is 29.8 Å². The van der Waals surface area contributed by atoms with Crippen LogP contribution in [-0.2, 0) is 4.74 Å². The molecule has 2 heterocycles. The Labute approximate surface area is 101 Å². The summed E-state index contributed by atoms with van der Waals surface area (Å²) in [6.45, 7) is 0.885. The molecule has 0 saturated carbocycles. The van der Waals surface area contributed by atoms with Crippen molar-refractivity contribution in [1.29, 1.82) is 0 Å². The standard InChI is InChI=1S/C13H19FN2O/c14-12-9-16-7-6-11(12)13(15)5-1-3-10-4-2-8-17-10/h6-7,9-10,13H,1-5,8,15H2. The summed E-state index contributed by atoms with van der Waals surface area (Å²) in [5, 5.41) is 0. The number of hydrogen-bond acceptors (Lipinski definition) is 3. The zero-order valence-corrected chi connectivity index (χ0v) is 9.94. The summed E-state index contributed by atoms with van der Waals surface area (Å²) < 4.78 is 18.9. The molecule has 2 atom stereocenters. The molecule has 0 spiro atoms. The van der Waals surface area contributed by atoms with Crippen molar-refractivity contribution in [2.45, 2.75) is 44.2 Å². The Morgan fingerprint density at radius 3 is 3.18 bits per heavy atom. The summed E-state index contributed by atoms with van der Waals surface area (Å²) in [5.74, 6) is -0.308. The highest BCUT2D eigenvalue weighted by Crippen LogP contribution is 2.22. The fraction of sp³-hybridized carbons (Fsp3) is 0.615. The van der Waals surface area contributed by atoms with Crippen molar-refractivity contribution >= 4 is 0 Å². The van der Waals surface area contributed by atoms with Gasteiger partial charge in [-0.25, -0.2) is 4.39 Å². The van der Waals surface area contributed by atoms with Gasteiger partial charge in [-0.3, -0.25) is 4.98 Å². The quantitative estimate of drug-likeness (QED) is 0.857. The summed E-state index contributed by atoms with van der Waals surface area (Å²) in [7, 11) is 0. The molecule has 1 aromatic rings. The van der Waals surface area contributed by atoms with Gasteiger partial charge in [0.15, 0.2) is 0 Å². The number of halogens is 1. The summed E-state index contributed by atoms with van der Waals surface area (Å²) in [6, 6.07) is 1.42. The number of pyridine rings is 1. The molecule has 2 N–H and O–H groups in total. The van der Waals surface area contributed by atoms with Gasteiger partial charge in [0.05, 0.1) is 12.3 Å². The molecule has 1 aliphatic heterocycles. The minimum Gasteiger partial charge on any atom is -0.378 e. The second kappa shape index (κ2) is 6.07. The van der Waals surface area contributed by atoms with Gasteiger partial charge in [0.1, 0.15) is 5.82 Å². The average molecular weight is 238 g/mol. The molecule has 2 rings (SSSR count). The maximum Gasteiger partial charge on any atom is 0.146 e. The van der Waals surface area contributed by atoms with Crippen molar-refractivity contribution in [3.8, 4) is 0 Å². The van der Waals surface area contributed by atoms with E-state index in [4.69, 9.17) is 10.5 Å². The molecule has 1 aromatic heterocycles. The van der Waals surface area contributed by atoms with E-state index in [1.807, 2.05) is 0 Å². The van der Waals surface area contributed by atoms with Crippen LogP contribution in [0.5, 0.6) is 0 Å². The predicted molar refractivity (Wildman–Crippen MR) is 63.9 cm³/mol. The Bertz CT molecular complexity index is 353. The predicted octanol–water partition coefficient (Wildman–Crippen LogP) is 2.57. The number of rotatable bonds is 5. The summed E-state index contributed by atoms with van der Waals surface area (Å²) in [5.41, 5.74) is 6.53. The molecule has 1 saturated heterocycles. The smallest absolute Gasteiger partial charge is 0.146 e. The van der Waals surface area contributed by atoms with Crippen LogP contribution < -0.4 is 5.73 Å². The molecule has 2 unspecified atom stereocenters. The first kappa shape index (κ1) is 12.5. The van der Waals surface area contributed by atoms with Crippen molar-refractivity contribution < 1.29 is 9.13 Å². The average Bonchev–Trinajstić information content (AvgIpc) is 2.82. The largest absolute Gasteiger partial charge is 0.378 e. The monoisotopic (exact) mass is 238 g/mol. The van der Waals surface area contributed by atoms with Gasteiger partial charge < -0.3 is 10.5 Å². The van der Waals surface area contributed by atoms with Gasteiger partial charge in [0, 0.05) is 24.4 Å². The van der Waals surface area contributed by atoms with E-state index in [0.29, 0.717) is 11.7 Å². The summed E-state index contributed by atoms with van der Waals surface area (Å²) in [4.78, 5) is 3.72. The van der Waals surface area contributed by atoms with Crippen LogP contribution >= 0.6 is 0 Å². The molecule has 4 heteroatoms. The third kappa shape index (κ3) is 3.48. The molecular formula is C13H19FN2O. The third-order valence-electron chi connectivity index (χ3n) is 3.27. The Morgan fingerprint density at radius 1 is 1.59 bits per heavy atom. The van der Waals surface area contributed by atoms with Gasteiger partial charge in [-0.15, -0.1) is 0 Å². The molecule has 0 amide bonds. The number of hydrogen-bond donors (Lipinski definition) is 1. The molecule has 3 nitrogen and oxygen atoms in total. The lowest BCUT2D eigenvalue weighted by Crippen LogP contribution is -2.13. The number of aromatic nitrogens is 1. The summed E-state index contributed by atoms with van der Waals surface area (Å²) in [6.07, 6.45) is 8.31. The van der Waals surface area contributed by atoms with Crippen molar-refractivity contribution in [3.63, 3.8) is 0 Å². The molecule has 94 valence electrons. The molecule has 0 bridgehead atoms. The Morgan fingerprint density at radius 2 is 2.47 bits per heavy atom. The zero-order valence-electron chi connectivity index (χ0n) is 9.94. The fourth-order valence-electron chi connectivity index (χ4n) is 2.28. The van der Waals surface area contributed by atoms with Crippen LogP contribution in [0.4, 0.5) is 4.39 Å². The highest BCUT2D eigenvalue weighted by atomic mass is 19.1. The van der Waals surface area contributed by atoms with Crippen LogP contribution in [0, 0.1) is 5.82 Å². The van der Waals surface area contributed by atoms with Crippen LogP contribution in [0.2, 0.25) is 0 Å². The first-order valence-electron chi connectivity index (χ1n) is 6.24. The van der Waals surface area contributed by atoms with Crippen LogP contribution in [0.1, 0.15) is 43.7 Å². The summed E-state index contributed by atoms with van der Waals surface area (Å²) >= 11 is 0. The maximum atomic E-state index is 13.4. The zero-order chi connectivity index (χ0) is 12.1. The van der Waals surface area contributed by atoms with Crippen LogP contribution in [-0.4, -0.2) is 17.7 Å². The van der Waals surface area contributed by atoms with E-state index >= 15 is 0 Å². The second-order valence-electron chi connectivity index (χ2n) is 4.57. The highest BCUT2D eigenvalue weighted by Gasteiger charge is 2.16. The molecule has 0 radical (unpaired) electrons. The van der Waals surface area contributed by atoms with Gasteiger partial charge >= 0.3 is 0 Å². The van der Waals surface area contributed by atoms with Crippen LogP contribution in [0.3, 0.4) is 0 Å². The molecule has 1 aliphatic rings. The molecule has 17 heavy (non-hydrogen) atoms. The highest BCUT2D eigenvalue weighted by molar-refractivity contribution is 5.16. The minimum absolute atomic E-state index is 0.237. The lowest BCUT2D eigenvalue weighted by atomic mass is 10.0. The second-order valence-corrected chi connectivity index (χ2v) is 4.57. The van der Waals surface area contributed by atoms with E-state index < -0.39 is 0 Å². The van der Waals surface area contributed by atoms with Crippen molar-refractivity contribution in [1.82, 2.24) is 4.98 Å². The van der Waals surface area contributed by atoms with Crippen LogP contribution in [0.25, 0.3) is 0 Å². The minimum atomic E-state index is -0.308. The van der Waals surface area contributed by atoms with E-state index in [2.05, 4.69) is 4.98 Å². The fourth-order valence-corrected chi connectivity index (χ4v) is 2.28. The SMILES string of the molecule is NC(CCCC1CCCO1)c1ccncc1F. The first-order chi connectivity index (χ1) is 8.27. The lowest BCUT2D eigenvalue weighted by Gasteiger charge is -2.14. The third-order valence-corrected chi connectivity index (χ3v) is 3.27. The van der Waals surface area contributed by atoms with E-state index in [1.54, 1.807) is 12.3 Å². The van der Waals surface area contributed by atoms with Crippen LogP contribution in [0.15, 0.2) is 18.5 Å². The normalized spacial score (nSPS) is 21.6. The number of nitrogens with zero attached hydrogens (tertiary/aromatic N) is 1. The Kier molecular flexibility index (Phi) is 4.45. The molecular weight excluding hydrogens is 219 g/mol. The van der Waals surface area contributed by atoms with Crippen molar-refractivity contribution in [2.24, 2.45) is 5.73 Å². The van der Waals surface area contributed by atoms with E-state index in [1.165, 1.54) is 6.20 Å². The van der Waals surface area contributed by atoms with Gasteiger partial charge in [-0.2, -0.15) is 0 Å². The van der Waals surface area contributed by atoms with Crippen molar-refractivity contribution in [2.75, 3.05) is 6.61 Å². The van der Waals surface area contributed by atoms with E-state index in [-0.39, 0.29) is 11.9 Å². The Hall–Kier alpha value is -1.00. The van der Waals surface area contributed by atoms with Gasteiger partial charge in [-0.05, 0) is 38.2 Å². The maximum absolute atomic E-state index is 13.4. The molecule has 0 aromatic carbocycles. The van der Waals surface area contributed by atoms with Gasteiger partial charge in [0.2, 0.25) is 0 Å². The lowest BCUT2D eigenvalue weighted by molar-refractivity contribution is 0.101.